The van der Waals surface area contributed by atoms with E-state index in [-0.39, 0.29) is 0 Å². The molecule has 22 heavy (non-hydrogen) atoms. The van der Waals surface area contributed by atoms with Gasteiger partial charge in [-0.1, -0.05) is 23.7 Å². The first-order chi connectivity index (χ1) is 10.8. The van der Waals surface area contributed by atoms with Crippen LogP contribution in [0.4, 0.5) is 0 Å². The summed E-state index contributed by atoms with van der Waals surface area (Å²) in [5.74, 6) is 0. The van der Waals surface area contributed by atoms with Gasteiger partial charge in [0.25, 0.3) is 0 Å². The molecule has 0 aliphatic rings. The van der Waals surface area contributed by atoms with Crippen LogP contribution in [0.1, 0.15) is 0 Å². The zero-order valence-corrected chi connectivity index (χ0v) is 12.3. The molecule has 0 saturated heterocycles. The number of hydrogen-bond acceptors (Lipinski definition) is 3. The van der Waals surface area contributed by atoms with E-state index in [0.717, 1.165) is 33.2 Å². The molecule has 1 aromatic carbocycles. The lowest BCUT2D eigenvalue weighted by molar-refractivity contribution is 1.13. The minimum atomic E-state index is 0.719. The smallest absolute Gasteiger partial charge is 0.155 e. The van der Waals surface area contributed by atoms with E-state index < -0.39 is 0 Å². The Hall–Kier alpha value is -2.72. The van der Waals surface area contributed by atoms with Crippen LogP contribution in [0, 0.1) is 0 Å². The zero-order chi connectivity index (χ0) is 14.9. The number of nitrogens with zero attached hydrogens (tertiary/aromatic N) is 4. The zero-order valence-electron chi connectivity index (χ0n) is 11.5. The molecule has 3 heterocycles. The first-order valence-electron chi connectivity index (χ1n) is 6.81. The minimum absolute atomic E-state index is 0.719. The molecule has 0 N–H and O–H groups in total. The summed E-state index contributed by atoms with van der Waals surface area (Å²) in [4.78, 5) is 12.9. The molecule has 0 atom stereocenters. The van der Waals surface area contributed by atoms with E-state index in [9.17, 15) is 0 Å². The van der Waals surface area contributed by atoms with Crippen molar-refractivity contribution in [3.63, 3.8) is 0 Å². The standard InChI is InChI=1S/C17H11ClN4/c18-14-3-1-13(2-4-14)16-9-21-17-10-20-15(11-22(16)17)12-5-7-19-8-6-12/h1-11H. The van der Waals surface area contributed by atoms with Crippen molar-refractivity contribution in [2.45, 2.75) is 0 Å². The molecular weight excluding hydrogens is 296 g/mol. The van der Waals surface area contributed by atoms with Gasteiger partial charge in [0.2, 0.25) is 0 Å². The predicted octanol–water partition coefficient (Wildman–Crippen LogP) is 4.11. The van der Waals surface area contributed by atoms with Gasteiger partial charge in [-0.25, -0.2) is 4.98 Å². The van der Waals surface area contributed by atoms with Crippen molar-refractivity contribution in [1.29, 1.82) is 0 Å². The summed E-state index contributed by atoms with van der Waals surface area (Å²) < 4.78 is 2.03. The van der Waals surface area contributed by atoms with Crippen LogP contribution < -0.4 is 0 Å². The highest BCUT2D eigenvalue weighted by molar-refractivity contribution is 6.30. The van der Waals surface area contributed by atoms with E-state index in [2.05, 4.69) is 15.0 Å². The lowest BCUT2D eigenvalue weighted by Crippen LogP contribution is -1.93. The fourth-order valence-electron chi connectivity index (χ4n) is 2.40. The predicted molar refractivity (Wildman–Crippen MR) is 86.7 cm³/mol. The van der Waals surface area contributed by atoms with Crippen LogP contribution in [-0.4, -0.2) is 19.4 Å². The maximum absolute atomic E-state index is 5.96. The second-order valence-corrected chi connectivity index (χ2v) is 5.32. The molecule has 4 rings (SSSR count). The molecule has 4 nitrogen and oxygen atoms in total. The van der Waals surface area contributed by atoms with Crippen LogP contribution in [0.5, 0.6) is 0 Å². The van der Waals surface area contributed by atoms with Gasteiger partial charge in [-0.3, -0.25) is 14.4 Å². The molecule has 0 unspecified atom stereocenters. The Morgan fingerprint density at radius 3 is 2.36 bits per heavy atom. The van der Waals surface area contributed by atoms with Crippen molar-refractivity contribution < 1.29 is 0 Å². The lowest BCUT2D eigenvalue weighted by atomic mass is 10.1. The summed E-state index contributed by atoms with van der Waals surface area (Å²) in [7, 11) is 0. The van der Waals surface area contributed by atoms with E-state index in [1.54, 1.807) is 18.6 Å². The second-order valence-electron chi connectivity index (χ2n) is 4.89. The van der Waals surface area contributed by atoms with Crippen molar-refractivity contribution >= 4 is 17.2 Å². The molecule has 5 heteroatoms. The molecule has 4 aromatic rings. The number of rotatable bonds is 2. The fraction of sp³-hybridized carbons (Fsp3) is 0. The second kappa shape index (κ2) is 5.24. The third kappa shape index (κ3) is 2.23. The normalized spacial score (nSPS) is 11.0. The Bertz CT molecular complexity index is 930. The van der Waals surface area contributed by atoms with Crippen LogP contribution in [0.25, 0.3) is 28.2 Å². The summed E-state index contributed by atoms with van der Waals surface area (Å²) in [6, 6.07) is 11.6. The fourth-order valence-corrected chi connectivity index (χ4v) is 2.52. The Labute approximate surface area is 132 Å². The van der Waals surface area contributed by atoms with Gasteiger partial charge in [0.15, 0.2) is 5.65 Å². The van der Waals surface area contributed by atoms with Crippen LogP contribution in [0.2, 0.25) is 5.02 Å². The van der Waals surface area contributed by atoms with Crippen molar-refractivity contribution in [2.24, 2.45) is 0 Å². The molecule has 0 aliphatic carbocycles. The number of hydrogen-bond donors (Lipinski definition) is 0. The molecule has 0 saturated carbocycles. The van der Waals surface area contributed by atoms with Gasteiger partial charge in [-0.2, -0.15) is 0 Å². The Morgan fingerprint density at radius 2 is 1.59 bits per heavy atom. The summed E-state index contributed by atoms with van der Waals surface area (Å²) in [5.41, 5.74) is 4.77. The number of halogens is 1. The van der Waals surface area contributed by atoms with E-state index in [1.807, 2.05) is 53.2 Å². The number of benzene rings is 1. The first kappa shape index (κ1) is 13.0. The molecule has 0 aliphatic heterocycles. The summed E-state index contributed by atoms with van der Waals surface area (Å²) in [6.07, 6.45) is 9.12. The SMILES string of the molecule is Clc1ccc(-c2cnc3cnc(-c4ccncc4)cn23)cc1. The van der Waals surface area contributed by atoms with Gasteiger partial charge in [-0.15, -0.1) is 0 Å². The average Bonchev–Trinajstić information content (AvgIpc) is 2.99. The molecule has 3 aromatic heterocycles. The van der Waals surface area contributed by atoms with Gasteiger partial charge < -0.3 is 0 Å². The minimum Gasteiger partial charge on any atom is -0.296 e. The molecular formula is C17H11ClN4. The van der Waals surface area contributed by atoms with Crippen LogP contribution in [0.3, 0.4) is 0 Å². The number of fused-ring (bicyclic) bond motifs is 1. The van der Waals surface area contributed by atoms with Gasteiger partial charge in [0.1, 0.15) is 0 Å². The highest BCUT2D eigenvalue weighted by atomic mass is 35.5. The third-order valence-corrected chi connectivity index (χ3v) is 3.76. The lowest BCUT2D eigenvalue weighted by Gasteiger charge is -2.05. The van der Waals surface area contributed by atoms with E-state index in [1.165, 1.54) is 0 Å². The monoisotopic (exact) mass is 306 g/mol. The van der Waals surface area contributed by atoms with Gasteiger partial charge in [-0.05, 0) is 24.3 Å². The molecule has 0 fully saturated rings. The quantitative estimate of drug-likeness (QED) is 0.559. The van der Waals surface area contributed by atoms with Crippen LogP contribution in [0.15, 0.2) is 67.4 Å². The van der Waals surface area contributed by atoms with Crippen molar-refractivity contribution in [3.05, 3.63) is 72.4 Å². The molecule has 0 bridgehead atoms. The van der Waals surface area contributed by atoms with E-state index in [0.29, 0.717) is 0 Å². The van der Waals surface area contributed by atoms with Gasteiger partial charge >= 0.3 is 0 Å². The molecule has 0 radical (unpaired) electrons. The number of aromatic nitrogens is 4. The van der Waals surface area contributed by atoms with E-state index >= 15 is 0 Å². The Balaban J connectivity index is 1.88. The Kier molecular flexibility index (Phi) is 3.09. The maximum atomic E-state index is 5.96. The summed E-state index contributed by atoms with van der Waals surface area (Å²) >= 11 is 5.96. The third-order valence-electron chi connectivity index (χ3n) is 3.51. The Morgan fingerprint density at radius 1 is 0.818 bits per heavy atom. The van der Waals surface area contributed by atoms with Crippen LogP contribution in [-0.2, 0) is 0 Å². The largest absolute Gasteiger partial charge is 0.296 e. The van der Waals surface area contributed by atoms with Crippen molar-refractivity contribution in [1.82, 2.24) is 19.4 Å². The highest BCUT2D eigenvalue weighted by Gasteiger charge is 2.08. The molecule has 106 valence electrons. The van der Waals surface area contributed by atoms with Gasteiger partial charge in [0, 0.05) is 34.7 Å². The van der Waals surface area contributed by atoms with E-state index in [4.69, 9.17) is 11.6 Å². The van der Waals surface area contributed by atoms with Crippen LogP contribution >= 0.6 is 11.6 Å². The highest BCUT2D eigenvalue weighted by Crippen LogP contribution is 2.24. The number of imidazole rings is 1. The van der Waals surface area contributed by atoms with Gasteiger partial charge in [0.05, 0.1) is 23.8 Å². The first-order valence-corrected chi connectivity index (χ1v) is 7.18. The molecule has 0 spiro atoms. The van der Waals surface area contributed by atoms with Crippen molar-refractivity contribution in [3.8, 4) is 22.5 Å². The molecule has 0 amide bonds. The topological polar surface area (TPSA) is 43.1 Å². The average molecular weight is 307 g/mol. The number of pyridine rings is 1. The summed E-state index contributed by atoms with van der Waals surface area (Å²) in [5, 5.41) is 0.719. The summed E-state index contributed by atoms with van der Waals surface area (Å²) in [6.45, 7) is 0. The maximum Gasteiger partial charge on any atom is 0.155 e. The van der Waals surface area contributed by atoms with Crippen molar-refractivity contribution in [2.75, 3.05) is 0 Å².